The van der Waals surface area contributed by atoms with Crippen molar-refractivity contribution in [1.29, 1.82) is 0 Å². The van der Waals surface area contributed by atoms with Crippen molar-refractivity contribution in [2.45, 2.75) is 77.6 Å². The maximum Gasteiger partial charge on any atom is 0.0553 e. The molecule has 0 heterocycles. The summed E-state index contributed by atoms with van der Waals surface area (Å²) in [6.45, 7) is 2.76. The Balaban J connectivity index is 0.000000980. The Bertz CT molecular complexity index is 298. The van der Waals surface area contributed by atoms with Crippen LogP contribution in [0.5, 0.6) is 0 Å². The molecule has 0 unspecified atom stereocenters. The maximum atomic E-state index is 7.75. The largest absolute Gasteiger partial charge is 0.395 e. The highest BCUT2D eigenvalue weighted by Crippen LogP contribution is 2.12. The molecule has 0 atom stereocenters. The third kappa shape index (κ3) is 15.5. The van der Waals surface area contributed by atoms with Crippen LogP contribution in [0, 0.1) is 0 Å². The SMILES string of the molecule is CCCCCCCCCCCCc1ccccc1.NCCO. The first-order valence-electron chi connectivity index (χ1n) is 9.20. The molecule has 22 heavy (non-hydrogen) atoms. The van der Waals surface area contributed by atoms with E-state index in [9.17, 15) is 0 Å². The Morgan fingerprint density at radius 3 is 1.68 bits per heavy atom. The number of hydrogen-bond acceptors (Lipinski definition) is 2. The number of aliphatic hydroxyl groups is 1. The minimum Gasteiger partial charge on any atom is -0.395 e. The van der Waals surface area contributed by atoms with Gasteiger partial charge in [-0.15, -0.1) is 0 Å². The number of benzene rings is 1. The zero-order valence-corrected chi connectivity index (χ0v) is 14.6. The summed E-state index contributed by atoms with van der Waals surface area (Å²) >= 11 is 0. The second-order valence-corrected chi connectivity index (χ2v) is 5.93. The van der Waals surface area contributed by atoms with E-state index in [1.54, 1.807) is 0 Å². The van der Waals surface area contributed by atoms with Gasteiger partial charge in [0.2, 0.25) is 0 Å². The van der Waals surface area contributed by atoms with Gasteiger partial charge in [-0.25, -0.2) is 0 Å². The first kappa shape index (κ1) is 21.1. The third-order valence-electron chi connectivity index (χ3n) is 3.79. The highest BCUT2D eigenvalue weighted by Gasteiger charge is 1.94. The molecule has 0 radical (unpaired) electrons. The van der Waals surface area contributed by atoms with Gasteiger partial charge in [0.15, 0.2) is 0 Å². The van der Waals surface area contributed by atoms with E-state index >= 15 is 0 Å². The van der Waals surface area contributed by atoms with Gasteiger partial charge in [-0.05, 0) is 18.4 Å². The lowest BCUT2D eigenvalue weighted by Gasteiger charge is -2.03. The van der Waals surface area contributed by atoms with Crippen LogP contribution in [-0.4, -0.2) is 18.3 Å². The molecule has 0 amide bonds. The molecule has 0 spiro atoms. The molecule has 0 aliphatic rings. The lowest BCUT2D eigenvalue weighted by atomic mass is 10.0. The minimum atomic E-state index is 0.0972. The number of aliphatic hydroxyl groups excluding tert-OH is 1. The van der Waals surface area contributed by atoms with E-state index in [0.29, 0.717) is 6.54 Å². The van der Waals surface area contributed by atoms with Crippen LogP contribution in [0.4, 0.5) is 0 Å². The molecule has 0 fully saturated rings. The minimum absolute atomic E-state index is 0.0972. The fourth-order valence-electron chi connectivity index (χ4n) is 2.46. The van der Waals surface area contributed by atoms with Gasteiger partial charge in [-0.1, -0.05) is 95.0 Å². The Labute approximate surface area is 138 Å². The lowest BCUT2D eigenvalue weighted by molar-refractivity contribution is 0.306. The van der Waals surface area contributed by atoms with E-state index in [1.165, 1.54) is 76.2 Å². The molecule has 0 aliphatic heterocycles. The molecule has 3 N–H and O–H groups in total. The van der Waals surface area contributed by atoms with Gasteiger partial charge in [0.1, 0.15) is 0 Å². The highest BCUT2D eigenvalue weighted by atomic mass is 16.3. The van der Waals surface area contributed by atoms with Crippen LogP contribution < -0.4 is 5.73 Å². The lowest BCUT2D eigenvalue weighted by Crippen LogP contribution is -2.02. The molecule has 1 aromatic carbocycles. The first-order valence-corrected chi connectivity index (χ1v) is 9.20. The molecule has 2 nitrogen and oxygen atoms in total. The van der Waals surface area contributed by atoms with Gasteiger partial charge in [-0.2, -0.15) is 0 Å². The first-order chi connectivity index (χ1) is 10.8. The molecular weight excluding hydrogens is 270 g/mol. The van der Waals surface area contributed by atoms with Crippen LogP contribution in [-0.2, 0) is 6.42 Å². The standard InChI is InChI=1S/C18H30.C2H7NO/c1-2-3-4-5-6-7-8-9-10-12-15-18-16-13-11-14-17-18;3-1-2-4/h11,13-14,16-17H,2-10,12,15H2,1H3;4H,1-3H2. The molecule has 0 saturated carbocycles. The normalized spacial score (nSPS) is 10.1. The summed E-state index contributed by atoms with van der Waals surface area (Å²) in [5.74, 6) is 0. The molecule has 2 heteroatoms. The molecule has 0 aromatic heterocycles. The number of aryl methyl sites for hydroxylation is 1. The van der Waals surface area contributed by atoms with Gasteiger partial charge in [0, 0.05) is 6.54 Å². The maximum absolute atomic E-state index is 7.75. The predicted molar refractivity (Wildman–Crippen MR) is 98.1 cm³/mol. The van der Waals surface area contributed by atoms with E-state index in [0.717, 1.165) is 0 Å². The summed E-state index contributed by atoms with van der Waals surface area (Å²) in [6, 6.07) is 10.9. The van der Waals surface area contributed by atoms with Crippen molar-refractivity contribution in [3.05, 3.63) is 35.9 Å². The topological polar surface area (TPSA) is 46.2 Å². The summed E-state index contributed by atoms with van der Waals surface area (Å²) in [6.07, 6.45) is 15.5. The summed E-state index contributed by atoms with van der Waals surface area (Å²) in [5, 5.41) is 7.75. The molecule has 1 rings (SSSR count). The number of hydrogen-bond donors (Lipinski definition) is 2. The van der Waals surface area contributed by atoms with Gasteiger partial charge in [0.25, 0.3) is 0 Å². The van der Waals surface area contributed by atoms with Crippen LogP contribution in [0.1, 0.15) is 76.7 Å². The zero-order valence-electron chi connectivity index (χ0n) is 14.6. The smallest absolute Gasteiger partial charge is 0.0553 e. The zero-order chi connectivity index (χ0) is 16.3. The Kier molecular flexibility index (Phi) is 17.5. The molecule has 0 aliphatic carbocycles. The van der Waals surface area contributed by atoms with E-state index in [1.807, 2.05) is 0 Å². The summed E-state index contributed by atoms with van der Waals surface area (Å²) in [5.41, 5.74) is 6.28. The molecular formula is C20H37NO. The predicted octanol–water partition coefficient (Wildman–Crippen LogP) is 5.09. The fourth-order valence-corrected chi connectivity index (χ4v) is 2.46. The van der Waals surface area contributed by atoms with Crippen LogP contribution in [0.2, 0.25) is 0 Å². The number of unbranched alkanes of at least 4 members (excludes halogenated alkanes) is 9. The molecule has 128 valence electrons. The quantitative estimate of drug-likeness (QED) is 0.528. The van der Waals surface area contributed by atoms with Crippen LogP contribution >= 0.6 is 0 Å². The van der Waals surface area contributed by atoms with E-state index < -0.39 is 0 Å². The summed E-state index contributed by atoms with van der Waals surface area (Å²) in [7, 11) is 0. The second kappa shape index (κ2) is 18.2. The van der Waals surface area contributed by atoms with E-state index in [2.05, 4.69) is 37.3 Å². The van der Waals surface area contributed by atoms with Gasteiger partial charge >= 0.3 is 0 Å². The average Bonchev–Trinajstić information content (AvgIpc) is 2.58. The van der Waals surface area contributed by atoms with Gasteiger partial charge < -0.3 is 10.8 Å². The van der Waals surface area contributed by atoms with Gasteiger partial charge in [-0.3, -0.25) is 0 Å². The highest BCUT2D eigenvalue weighted by molar-refractivity contribution is 5.14. The Hall–Kier alpha value is -0.860. The van der Waals surface area contributed by atoms with E-state index in [-0.39, 0.29) is 6.61 Å². The second-order valence-electron chi connectivity index (χ2n) is 5.93. The number of rotatable bonds is 12. The average molecular weight is 308 g/mol. The Morgan fingerprint density at radius 2 is 1.23 bits per heavy atom. The van der Waals surface area contributed by atoms with Crippen molar-refractivity contribution >= 4 is 0 Å². The van der Waals surface area contributed by atoms with Crippen molar-refractivity contribution in [2.24, 2.45) is 5.73 Å². The van der Waals surface area contributed by atoms with Crippen LogP contribution in [0.25, 0.3) is 0 Å². The fraction of sp³-hybridized carbons (Fsp3) is 0.700. The third-order valence-corrected chi connectivity index (χ3v) is 3.79. The summed E-state index contributed by atoms with van der Waals surface area (Å²) in [4.78, 5) is 0. The van der Waals surface area contributed by atoms with Crippen molar-refractivity contribution in [1.82, 2.24) is 0 Å². The summed E-state index contributed by atoms with van der Waals surface area (Å²) < 4.78 is 0. The Morgan fingerprint density at radius 1 is 0.773 bits per heavy atom. The molecule has 1 aromatic rings. The van der Waals surface area contributed by atoms with Gasteiger partial charge in [0.05, 0.1) is 6.61 Å². The van der Waals surface area contributed by atoms with Crippen LogP contribution in [0.3, 0.4) is 0 Å². The van der Waals surface area contributed by atoms with Crippen molar-refractivity contribution in [3.63, 3.8) is 0 Å². The monoisotopic (exact) mass is 307 g/mol. The van der Waals surface area contributed by atoms with Crippen molar-refractivity contribution in [3.8, 4) is 0 Å². The van der Waals surface area contributed by atoms with Crippen molar-refractivity contribution in [2.75, 3.05) is 13.2 Å². The molecule has 0 bridgehead atoms. The van der Waals surface area contributed by atoms with Crippen LogP contribution in [0.15, 0.2) is 30.3 Å². The van der Waals surface area contributed by atoms with Crippen molar-refractivity contribution < 1.29 is 5.11 Å². The van der Waals surface area contributed by atoms with E-state index in [4.69, 9.17) is 10.8 Å². The molecule has 0 saturated heterocycles. The number of nitrogens with two attached hydrogens (primary N) is 1.